The third-order valence-corrected chi connectivity index (χ3v) is 4.19. The van der Waals surface area contributed by atoms with E-state index in [1.165, 1.54) is 31.0 Å². The molecule has 0 nitrogen and oxygen atoms in total. The molecule has 0 amide bonds. The second kappa shape index (κ2) is 4.96. The molecule has 2 aromatic rings. The van der Waals surface area contributed by atoms with Crippen molar-refractivity contribution in [1.82, 2.24) is 0 Å². The maximum atomic E-state index is 2.45. The van der Waals surface area contributed by atoms with Gasteiger partial charge in [-0.3, -0.25) is 0 Å². The number of benzene rings is 2. The number of rotatable bonds is 2. The van der Waals surface area contributed by atoms with Crippen molar-refractivity contribution >= 4 is 45.1 Å². The van der Waals surface area contributed by atoms with E-state index >= 15 is 0 Å². The zero-order valence-corrected chi connectivity index (χ0v) is 12.8. The lowest BCUT2D eigenvalue weighted by molar-refractivity contribution is 1.39. The Morgan fingerprint density at radius 2 is 1.88 bits per heavy atom. The molecule has 0 unspecified atom stereocenters. The van der Waals surface area contributed by atoms with Crippen molar-refractivity contribution in [2.75, 3.05) is 6.26 Å². The average Bonchev–Trinajstić information content (AvgIpc) is 2.15. The van der Waals surface area contributed by atoms with Gasteiger partial charge in [0.1, 0.15) is 0 Å². The zero-order chi connectivity index (χ0) is 11.7. The Kier molecular flexibility index (Phi) is 3.80. The van der Waals surface area contributed by atoms with Gasteiger partial charge in [-0.15, -0.1) is 0 Å². The van der Waals surface area contributed by atoms with Crippen LogP contribution in [0.3, 0.4) is 0 Å². The minimum Gasteiger partial charge on any atom is -0.161 e. The second-order valence-corrected chi connectivity index (χ2v) is 6.22. The second-order valence-electron chi connectivity index (χ2n) is 4.19. The molecule has 2 rings (SSSR count). The van der Waals surface area contributed by atoms with E-state index in [9.17, 15) is 0 Å². The summed E-state index contributed by atoms with van der Waals surface area (Å²) in [5.41, 5.74) is 4.16. The number of halogens is 1. The van der Waals surface area contributed by atoms with Gasteiger partial charge in [0.15, 0.2) is 0 Å². The highest BCUT2D eigenvalue weighted by molar-refractivity contribution is 14.1. The van der Waals surface area contributed by atoms with Crippen LogP contribution in [0.2, 0.25) is 0 Å². The van der Waals surface area contributed by atoms with E-state index in [1.54, 1.807) is 0 Å². The topological polar surface area (TPSA) is 0 Å². The fourth-order valence-electron chi connectivity index (χ4n) is 2.17. The van der Waals surface area contributed by atoms with E-state index in [2.05, 4.69) is 67.0 Å². The van der Waals surface area contributed by atoms with Gasteiger partial charge in [-0.05, 0) is 70.7 Å². The molecule has 0 bridgehead atoms. The van der Waals surface area contributed by atoms with Crippen LogP contribution >= 0.6 is 34.4 Å². The van der Waals surface area contributed by atoms with Gasteiger partial charge in [-0.2, -0.15) is 11.8 Å². The third kappa shape index (κ3) is 2.38. The summed E-state index contributed by atoms with van der Waals surface area (Å²) < 4.78 is 1.37. The van der Waals surface area contributed by atoms with Crippen LogP contribution in [0.4, 0.5) is 0 Å². The summed E-state index contributed by atoms with van der Waals surface area (Å²) in [6.07, 6.45) is 2.15. The lowest BCUT2D eigenvalue weighted by Gasteiger charge is -2.09. The summed E-state index contributed by atoms with van der Waals surface area (Å²) in [5.74, 6) is 1.10. The SMILES string of the molecule is CSCc1cc(I)c2c(C)cc(C)cc2c1. The molecule has 0 heterocycles. The summed E-state index contributed by atoms with van der Waals surface area (Å²) in [5, 5.41) is 2.80. The first-order chi connectivity index (χ1) is 7.61. The molecule has 0 spiro atoms. The normalized spacial score (nSPS) is 11.0. The molecule has 0 atom stereocenters. The predicted molar refractivity (Wildman–Crippen MR) is 83.4 cm³/mol. The summed E-state index contributed by atoms with van der Waals surface area (Å²) in [6, 6.07) is 9.18. The summed E-state index contributed by atoms with van der Waals surface area (Å²) in [7, 11) is 0. The van der Waals surface area contributed by atoms with Crippen LogP contribution in [-0.4, -0.2) is 6.26 Å². The molecule has 84 valence electrons. The molecule has 2 aromatic carbocycles. The number of hydrogen-bond donors (Lipinski definition) is 0. The molecule has 0 aromatic heterocycles. The Balaban J connectivity index is 2.71. The molecule has 0 saturated carbocycles. The van der Waals surface area contributed by atoms with Crippen LogP contribution in [0.15, 0.2) is 24.3 Å². The van der Waals surface area contributed by atoms with Crippen LogP contribution < -0.4 is 0 Å². The van der Waals surface area contributed by atoms with Gasteiger partial charge in [-0.25, -0.2) is 0 Å². The predicted octanol–water partition coefficient (Wildman–Crippen LogP) is 4.92. The van der Waals surface area contributed by atoms with Gasteiger partial charge >= 0.3 is 0 Å². The first kappa shape index (κ1) is 12.2. The molecular weight excluding hydrogens is 327 g/mol. The minimum atomic E-state index is 1.10. The van der Waals surface area contributed by atoms with Crippen molar-refractivity contribution in [3.8, 4) is 0 Å². The van der Waals surface area contributed by atoms with Gasteiger partial charge < -0.3 is 0 Å². The van der Waals surface area contributed by atoms with Crippen LogP contribution in [0.25, 0.3) is 10.8 Å². The lowest BCUT2D eigenvalue weighted by Crippen LogP contribution is -1.89. The standard InChI is InChI=1S/C14H15IS/c1-9-4-10(2)14-12(5-9)6-11(8-16-3)7-13(14)15/h4-7H,8H2,1-3H3. The lowest BCUT2D eigenvalue weighted by atomic mass is 10.0. The minimum absolute atomic E-state index is 1.10. The first-order valence-corrected chi connectivity index (χ1v) is 7.77. The molecule has 16 heavy (non-hydrogen) atoms. The Hall–Kier alpha value is -0.220. The van der Waals surface area contributed by atoms with Crippen LogP contribution in [0.1, 0.15) is 16.7 Å². The quantitative estimate of drug-likeness (QED) is 0.698. The van der Waals surface area contributed by atoms with E-state index in [0.29, 0.717) is 0 Å². The average molecular weight is 342 g/mol. The van der Waals surface area contributed by atoms with Crippen LogP contribution in [-0.2, 0) is 5.75 Å². The van der Waals surface area contributed by atoms with E-state index in [1.807, 2.05) is 11.8 Å². The fraction of sp³-hybridized carbons (Fsp3) is 0.286. The van der Waals surface area contributed by atoms with Gasteiger partial charge in [0.2, 0.25) is 0 Å². The maximum absolute atomic E-state index is 2.45. The number of aryl methyl sites for hydroxylation is 2. The Bertz CT molecular complexity index is 532. The third-order valence-electron chi connectivity index (χ3n) is 2.71. The van der Waals surface area contributed by atoms with Crippen molar-refractivity contribution in [3.63, 3.8) is 0 Å². The maximum Gasteiger partial charge on any atom is 0.0214 e. The van der Waals surface area contributed by atoms with E-state index in [-0.39, 0.29) is 0 Å². The van der Waals surface area contributed by atoms with Crippen LogP contribution in [0, 0.1) is 17.4 Å². The highest BCUT2D eigenvalue weighted by atomic mass is 127. The van der Waals surface area contributed by atoms with E-state index in [4.69, 9.17) is 0 Å². The fourth-order valence-corrected chi connectivity index (χ4v) is 3.80. The smallest absolute Gasteiger partial charge is 0.0214 e. The van der Waals surface area contributed by atoms with E-state index < -0.39 is 0 Å². The highest BCUT2D eigenvalue weighted by Gasteiger charge is 2.05. The van der Waals surface area contributed by atoms with Gasteiger partial charge in [-0.1, -0.05) is 23.8 Å². The molecule has 0 radical (unpaired) electrons. The highest BCUT2D eigenvalue weighted by Crippen LogP contribution is 2.28. The Morgan fingerprint density at radius 3 is 2.56 bits per heavy atom. The molecule has 0 aliphatic carbocycles. The molecule has 0 aliphatic heterocycles. The van der Waals surface area contributed by atoms with Crippen molar-refractivity contribution in [2.24, 2.45) is 0 Å². The molecule has 2 heteroatoms. The van der Waals surface area contributed by atoms with E-state index in [0.717, 1.165) is 5.75 Å². The largest absolute Gasteiger partial charge is 0.161 e. The molecule has 0 fully saturated rings. The van der Waals surface area contributed by atoms with Crippen molar-refractivity contribution in [1.29, 1.82) is 0 Å². The number of fused-ring (bicyclic) bond motifs is 1. The Labute approximate surface area is 115 Å². The monoisotopic (exact) mass is 342 g/mol. The molecule has 0 N–H and O–H groups in total. The Morgan fingerprint density at radius 1 is 1.12 bits per heavy atom. The van der Waals surface area contributed by atoms with Gasteiger partial charge in [0, 0.05) is 9.32 Å². The summed E-state index contributed by atoms with van der Waals surface area (Å²) in [6.45, 7) is 4.37. The zero-order valence-electron chi connectivity index (χ0n) is 9.80. The number of hydrogen-bond acceptors (Lipinski definition) is 1. The van der Waals surface area contributed by atoms with Gasteiger partial charge in [0.05, 0.1) is 0 Å². The summed E-state index contributed by atoms with van der Waals surface area (Å²) in [4.78, 5) is 0. The van der Waals surface area contributed by atoms with Crippen LogP contribution in [0.5, 0.6) is 0 Å². The first-order valence-electron chi connectivity index (χ1n) is 5.30. The molecule has 0 saturated heterocycles. The summed E-state index contributed by atoms with van der Waals surface area (Å²) >= 11 is 4.33. The van der Waals surface area contributed by atoms with Crippen molar-refractivity contribution < 1.29 is 0 Å². The van der Waals surface area contributed by atoms with Crippen molar-refractivity contribution in [2.45, 2.75) is 19.6 Å². The van der Waals surface area contributed by atoms with Gasteiger partial charge in [0.25, 0.3) is 0 Å². The van der Waals surface area contributed by atoms with Crippen molar-refractivity contribution in [3.05, 3.63) is 44.5 Å². The molecule has 0 aliphatic rings. The number of thioether (sulfide) groups is 1. The molecular formula is C14H15IS.